The number of ether oxygens (including phenoxy) is 3. The van der Waals surface area contributed by atoms with E-state index in [1.165, 1.54) is 18.5 Å². The topological polar surface area (TPSA) is 82.1 Å². The fourth-order valence-electron chi connectivity index (χ4n) is 2.74. The summed E-state index contributed by atoms with van der Waals surface area (Å²) >= 11 is 0. The van der Waals surface area contributed by atoms with E-state index in [1.54, 1.807) is 38.1 Å². The molecule has 0 aliphatic carbocycles. The minimum atomic E-state index is -0.755. The van der Waals surface area contributed by atoms with Crippen LogP contribution in [0.5, 0.6) is 0 Å². The lowest BCUT2D eigenvalue weighted by atomic mass is 9.83. The minimum absolute atomic E-state index is 0.0113. The summed E-state index contributed by atoms with van der Waals surface area (Å²) in [7, 11) is 0. The number of carbonyl (C=O) groups excluding carboxylic acids is 3. The largest absolute Gasteiger partial charge is 0.463 e. The summed E-state index contributed by atoms with van der Waals surface area (Å²) < 4.78 is 15.3. The van der Waals surface area contributed by atoms with Gasteiger partial charge in [0.15, 0.2) is 0 Å². The average Bonchev–Trinajstić information content (AvgIpc) is 2.72. The summed E-state index contributed by atoms with van der Waals surface area (Å²) in [5, 5.41) is 0. The lowest BCUT2D eigenvalue weighted by molar-refractivity contribution is -0.139. The van der Waals surface area contributed by atoms with Gasteiger partial charge in [-0.3, -0.25) is 4.90 Å². The van der Waals surface area contributed by atoms with Crippen molar-refractivity contribution in [1.29, 1.82) is 0 Å². The first-order chi connectivity index (χ1) is 13.5. The van der Waals surface area contributed by atoms with Crippen LogP contribution in [0.2, 0.25) is 0 Å². The van der Waals surface area contributed by atoms with E-state index in [9.17, 15) is 14.4 Å². The maximum atomic E-state index is 12.6. The van der Waals surface area contributed by atoms with Gasteiger partial charge in [-0.15, -0.1) is 0 Å². The predicted octanol–water partition coefficient (Wildman–Crippen LogP) is 3.30. The third-order valence-electron chi connectivity index (χ3n) is 3.87. The molecule has 0 fully saturated rings. The van der Waals surface area contributed by atoms with Crippen LogP contribution in [0.1, 0.15) is 25.3 Å². The highest BCUT2D eigenvalue weighted by Crippen LogP contribution is 2.37. The van der Waals surface area contributed by atoms with E-state index in [4.69, 9.17) is 14.2 Å². The first-order valence-electron chi connectivity index (χ1n) is 8.92. The fraction of sp³-hybridized carbons (Fsp3) is 0.286. The van der Waals surface area contributed by atoms with E-state index in [0.717, 1.165) is 4.90 Å². The van der Waals surface area contributed by atoms with E-state index >= 15 is 0 Å². The van der Waals surface area contributed by atoms with Crippen LogP contribution in [-0.4, -0.2) is 42.8 Å². The van der Waals surface area contributed by atoms with Crippen molar-refractivity contribution in [3.63, 3.8) is 0 Å². The first-order valence-corrected chi connectivity index (χ1v) is 8.92. The standard InChI is InChI=1S/C21H23NO6/c1-4-12-28-21(25)22-13-16(19(23)26-5-2)18(15-10-8-7-9-11-15)17(14-22)20(24)27-6-3/h4,7-11,13-14,18H,1,5-6,12H2,2-3H3. The van der Waals surface area contributed by atoms with E-state index in [1.807, 2.05) is 6.07 Å². The van der Waals surface area contributed by atoms with Gasteiger partial charge in [-0.05, 0) is 19.4 Å². The highest BCUT2D eigenvalue weighted by atomic mass is 16.6. The molecule has 2 rings (SSSR count). The van der Waals surface area contributed by atoms with Crippen molar-refractivity contribution in [2.24, 2.45) is 0 Å². The molecule has 0 unspecified atom stereocenters. The highest BCUT2D eigenvalue weighted by molar-refractivity contribution is 5.99. The molecule has 1 amide bonds. The quantitative estimate of drug-likeness (QED) is 0.407. The molecule has 28 heavy (non-hydrogen) atoms. The molecular weight excluding hydrogens is 362 g/mol. The van der Waals surface area contributed by atoms with E-state index in [0.29, 0.717) is 5.56 Å². The summed E-state index contributed by atoms with van der Waals surface area (Å²) in [6.45, 7) is 7.13. The Morgan fingerprint density at radius 1 is 0.964 bits per heavy atom. The number of rotatable bonds is 7. The molecule has 0 N–H and O–H groups in total. The molecule has 0 spiro atoms. The molecule has 0 bridgehead atoms. The van der Waals surface area contributed by atoms with Gasteiger partial charge in [0, 0.05) is 12.4 Å². The SMILES string of the molecule is C=CCOC(=O)N1C=C(C(=O)OCC)C(c2ccccc2)C(C(=O)OCC)=C1. The van der Waals surface area contributed by atoms with Crippen LogP contribution in [0.15, 0.2) is 66.5 Å². The molecule has 1 aliphatic heterocycles. The Hall–Kier alpha value is -3.35. The molecule has 0 atom stereocenters. The Kier molecular flexibility index (Phi) is 7.56. The van der Waals surface area contributed by atoms with Gasteiger partial charge in [0.05, 0.1) is 30.3 Å². The average molecular weight is 385 g/mol. The lowest BCUT2D eigenvalue weighted by Crippen LogP contribution is -2.32. The lowest BCUT2D eigenvalue weighted by Gasteiger charge is -2.29. The summed E-state index contributed by atoms with van der Waals surface area (Å²) in [5.74, 6) is -2.00. The van der Waals surface area contributed by atoms with E-state index in [2.05, 4.69) is 6.58 Å². The Bertz CT molecular complexity index is 760. The van der Waals surface area contributed by atoms with Crippen LogP contribution >= 0.6 is 0 Å². The molecular formula is C21H23NO6. The van der Waals surface area contributed by atoms with E-state index < -0.39 is 23.9 Å². The number of benzene rings is 1. The van der Waals surface area contributed by atoms with Crippen molar-refractivity contribution in [2.75, 3.05) is 19.8 Å². The Morgan fingerprint density at radius 3 is 1.96 bits per heavy atom. The van der Waals surface area contributed by atoms with Crippen molar-refractivity contribution in [2.45, 2.75) is 19.8 Å². The van der Waals surface area contributed by atoms with Gasteiger partial charge >= 0.3 is 18.0 Å². The molecule has 1 aliphatic rings. The number of hydrogen-bond acceptors (Lipinski definition) is 6. The van der Waals surface area contributed by atoms with Gasteiger partial charge in [0.2, 0.25) is 0 Å². The van der Waals surface area contributed by atoms with Gasteiger partial charge in [-0.2, -0.15) is 0 Å². The second-order valence-corrected chi connectivity index (χ2v) is 5.73. The number of amides is 1. The van der Waals surface area contributed by atoms with E-state index in [-0.39, 0.29) is 31.0 Å². The second-order valence-electron chi connectivity index (χ2n) is 5.73. The zero-order valence-electron chi connectivity index (χ0n) is 15.9. The Morgan fingerprint density at radius 2 is 1.50 bits per heavy atom. The van der Waals surface area contributed by atoms with Gasteiger partial charge < -0.3 is 14.2 Å². The van der Waals surface area contributed by atoms with Crippen LogP contribution in [-0.2, 0) is 23.8 Å². The van der Waals surface area contributed by atoms with Crippen LogP contribution in [0.3, 0.4) is 0 Å². The molecule has 0 radical (unpaired) electrons. The summed E-state index contributed by atoms with van der Waals surface area (Å²) in [4.78, 5) is 38.6. The van der Waals surface area contributed by atoms with Crippen LogP contribution in [0, 0.1) is 0 Å². The van der Waals surface area contributed by atoms with Gasteiger partial charge in [0.1, 0.15) is 6.61 Å². The Balaban J connectivity index is 2.55. The summed E-state index contributed by atoms with van der Waals surface area (Å²) in [6, 6.07) is 9.00. The van der Waals surface area contributed by atoms with Gasteiger partial charge in [0.25, 0.3) is 0 Å². The molecule has 7 nitrogen and oxygen atoms in total. The fourth-order valence-corrected chi connectivity index (χ4v) is 2.74. The van der Waals surface area contributed by atoms with Crippen LogP contribution in [0.4, 0.5) is 4.79 Å². The number of carbonyl (C=O) groups is 3. The summed E-state index contributed by atoms with van der Waals surface area (Å²) in [5.41, 5.74) is 0.962. The molecule has 1 aromatic rings. The van der Waals surface area contributed by atoms with Crippen molar-refractivity contribution < 1.29 is 28.6 Å². The van der Waals surface area contributed by atoms with Gasteiger partial charge in [-0.1, -0.05) is 43.0 Å². The molecule has 1 aromatic carbocycles. The minimum Gasteiger partial charge on any atom is -0.463 e. The zero-order chi connectivity index (χ0) is 20.5. The Labute approximate surface area is 163 Å². The van der Waals surface area contributed by atoms with Crippen LogP contribution in [0.25, 0.3) is 0 Å². The van der Waals surface area contributed by atoms with Crippen molar-refractivity contribution in [3.8, 4) is 0 Å². The molecule has 0 aromatic heterocycles. The van der Waals surface area contributed by atoms with Crippen molar-refractivity contribution >= 4 is 18.0 Å². The number of nitrogens with zero attached hydrogens (tertiary/aromatic N) is 1. The second kappa shape index (κ2) is 10.1. The molecule has 148 valence electrons. The smallest absolute Gasteiger partial charge is 0.418 e. The maximum Gasteiger partial charge on any atom is 0.418 e. The first kappa shape index (κ1) is 21.0. The molecule has 7 heteroatoms. The van der Waals surface area contributed by atoms with Gasteiger partial charge in [-0.25, -0.2) is 14.4 Å². The normalized spacial score (nSPS) is 13.9. The number of esters is 2. The third kappa shape index (κ3) is 4.88. The third-order valence-corrected chi connectivity index (χ3v) is 3.87. The predicted molar refractivity (Wildman–Crippen MR) is 102 cm³/mol. The monoisotopic (exact) mass is 385 g/mol. The molecule has 0 saturated carbocycles. The summed E-state index contributed by atoms with van der Waals surface area (Å²) in [6.07, 6.45) is 3.31. The zero-order valence-corrected chi connectivity index (χ0v) is 15.9. The maximum absolute atomic E-state index is 12.6. The number of hydrogen-bond donors (Lipinski definition) is 0. The highest BCUT2D eigenvalue weighted by Gasteiger charge is 2.37. The molecule has 0 saturated heterocycles. The van der Waals surface area contributed by atoms with Crippen LogP contribution < -0.4 is 0 Å². The molecule has 1 heterocycles. The van der Waals surface area contributed by atoms with Crippen molar-refractivity contribution in [1.82, 2.24) is 4.90 Å². The van der Waals surface area contributed by atoms with Crippen molar-refractivity contribution in [3.05, 3.63) is 72.1 Å².